The second kappa shape index (κ2) is 6.89. The zero-order valence-electron chi connectivity index (χ0n) is 15.5. The maximum absolute atomic E-state index is 5.83. The number of ether oxygens (including phenoxy) is 1. The lowest BCUT2D eigenvalue weighted by atomic mass is 9.89. The number of likely N-dealkylation sites (N-methyl/N-ethyl adjacent to an activating group) is 1. The molecule has 5 heteroatoms. The Hall–Kier alpha value is -2.11. The number of benzene rings is 2. The van der Waals surface area contributed by atoms with Gasteiger partial charge in [0.15, 0.2) is 5.11 Å². The molecule has 0 radical (unpaired) electrons. The van der Waals surface area contributed by atoms with Crippen LogP contribution in [0.5, 0.6) is 5.75 Å². The maximum atomic E-state index is 5.83. The highest BCUT2D eigenvalue weighted by Gasteiger charge is 2.42. The van der Waals surface area contributed by atoms with E-state index in [4.69, 9.17) is 17.0 Å². The smallest absolute Gasteiger partial charge is 0.178 e. The Labute approximate surface area is 160 Å². The minimum absolute atomic E-state index is 0.432. The van der Waals surface area contributed by atoms with Crippen molar-refractivity contribution in [1.29, 1.82) is 0 Å². The van der Waals surface area contributed by atoms with Gasteiger partial charge in [-0.05, 0) is 75.1 Å². The number of rotatable bonds is 2. The number of nitrogens with zero attached hydrogens (tertiary/aromatic N) is 2. The fourth-order valence-electron chi connectivity index (χ4n) is 4.20. The number of hydrogen-bond acceptors (Lipinski definition) is 3. The fourth-order valence-corrected chi connectivity index (χ4v) is 4.56. The van der Waals surface area contributed by atoms with E-state index in [-0.39, 0.29) is 0 Å². The summed E-state index contributed by atoms with van der Waals surface area (Å²) in [6, 6.07) is 15.1. The Morgan fingerprint density at radius 1 is 1.19 bits per heavy atom. The van der Waals surface area contributed by atoms with Gasteiger partial charge in [-0.3, -0.25) is 0 Å². The molecule has 2 atom stereocenters. The molecule has 0 spiro atoms. The zero-order chi connectivity index (χ0) is 18.3. The summed E-state index contributed by atoms with van der Waals surface area (Å²) in [7, 11) is 3.89. The van der Waals surface area contributed by atoms with E-state index in [0.29, 0.717) is 12.0 Å². The van der Waals surface area contributed by atoms with Crippen molar-refractivity contribution in [3.8, 4) is 5.75 Å². The van der Waals surface area contributed by atoms with Crippen molar-refractivity contribution in [1.82, 2.24) is 4.90 Å². The Morgan fingerprint density at radius 3 is 2.69 bits per heavy atom. The number of thiocarbonyl (C=S) groups is 1. The van der Waals surface area contributed by atoms with Crippen molar-refractivity contribution in [2.45, 2.75) is 25.3 Å². The normalized spacial score (nSPS) is 21.9. The average molecular weight is 368 g/mol. The first-order valence-corrected chi connectivity index (χ1v) is 9.51. The molecule has 0 saturated carbocycles. The minimum Gasteiger partial charge on any atom is -0.497 e. The topological polar surface area (TPSA) is 27.7 Å². The standard InChI is InChI=1S/C21H25N3OS/c1-14-4-9-19-17(12-14)18-13-23(2)11-10-20(18)24(19)21(26)22-15-5-7-16(25-3)8-6-15/h4-9,12,18,20H,10-11,13H2,1-3H3,(H,22,26)/t18-,20+/m0/s1. The molecule has 136 valence electrons. The molecule has 26 heavy (non-hydrogen) atoms. The molecule has 2 heterocycles. The summed E-state index contributed by atoms with van der Waals surface area (Å²) in [5.74, 6) is 1.36. The molecular weight excluding hydrogens is 342 g/mol. The molecule has 2 aliphatic rings. The summed E-state index contributed by atoms with van der Waals surface area (Å²) in [6.07, 6.45) is 1.12. The monoisotopic (exact) mass is 367 g/mol. The van der Waals surface area contributed by atoms with Gasteiger partial charge in [0.2, 0.25) is 0 Å². The van der Waals surface area contributed by atoms with E-state index in [2.05, 4.69) is 47.3 Å². The number of methoxy groups -OCH3 is 1. The SMILES string of the molecule is COc1ccc(NC(=S)N2c3ccc(C)cc3[C@@H]3CN(C)CC[C@H]32)cc1. The van der Waals surface area contributed by atoms with Crippen molar-refractivity contribution >= 4 is 28.7 Å². The van der Waals surface area contributed by atoms with Crippen LogP contribution in [-0.4, -0.2) is 43.3 Å². The van der Waals surface area contributed by atoms with Crippen LogP contribution in [0.25, 0.3) is 0 Å². The van der Waals surface area contributed by atoms with Gasteiger partial charge in [0.1, 0.15) is 5.75 Å². The number of piperidine rings is 1. The fraction of sp³-hybridized carbons (Fsp3) is 0.381. The van der Waals surface area contributed by atoms with Gasteiger partial charge in [-0.25, -0.2) is 0 Å². The van der Waals surface area contributed by atoms with Crippen molar-refractivity contribution in [2.24, 2.45) is 0 Å². The molecule has 2 aromatic carbocycles. The van der Waals surface area contributed by atoms with Crippen LogP contribution < -0.4 is 15.0 Å². The number of likely N-dealkylation sites (tertiary alicyclic amines) is 1. The summed E-state index contributed by atoms with van der Waals surface area (Å²) in [6.45, 7) is 4.36. The summed E-state index contributed by atoms with van der Waals surface area (Å²) >= 11 is 5.83. The van der Waals surface area contributed by atoms with Crippen molar-refractivity contribution in [3.05, 3.63) is 53.6 Å². The van der Waals surface area contributed by atoms with Crippen LogP contribution in [-0.2, 0) is 0 Å². The molecule has 1 fully saturated rings. The molecule has 4 nitrogen and oxygen atoms in total. The Morgan fingerprint density at radius 2 is 1.96 bits per heavy atom. The summed E-state index contributed by atoms with van der Waals surface area (Å²) in [5, 5.41) is 4.20. The third-order valence-electron chi connectivity index (χ3n) is 5.51. The number of fused-ring (bicyclic) bond motifs is 3. The van der Waals surface area contributed by atoms with Gasteiger partial charge in [0.05, 0.1) is 7.11 Å². The zero-order valence-corrected chi connectivity index (χ0v) is 16.3. The molecule has 0 amide bonds. The van der Waals surface area contributed by atoms with Gasteiger partial charge in [0.25, 0.3) is 0 Å². The van der Waals surface area contributed by atoms with Gasteiger partial charge in [-0.15, -0.1) is 0 Å². The van der Waals surface area contributed by atoms with Gasteiger partial charge in [-0.1, -0.05) is 17.7 Å². The van der Waals surface area contributed by atoms with E-state index in [0.717, 1.165) is 36.1 Å². The summed E-state index contributed by atoms with van der Waals surface area (Å²) in [5.41, 5.74) is 4.99. The number of hydrogen-bond donors (Lipinski definition) is 1. The highest BCUT2D eigenvalue weighted by atomic mass is 32.1. The van der Waals surface area contributed by atoms with Crippen LogP contribution in [0.4, 0.5) is 11.4 Å². The molecule has 1 saturated heterocycles. The number of aryl methyl sites for hydroxylation is 1. The molecule has 0 bridgehead atoms. The third-order valence-corrected chi connectivity index (χ3v) is 5.81. The van der Waals surface area contributed by atoms with E-state index in [1.165, 1.54) is 16.8 Å². The average Bonchev–Trinajstić information content (AvgIpc) is 2.95. The van der Waals surface area contributed by atoms with Gasteiger partial charge >= 0.3 is 0 Å². The molecular formula is C21H25N3OS. The van der Waals surface area contributed by atoms with Crippen molar-refractivity contribution in [3.63, 3.8) is 0 Å². The van der Waals surface area contributed by atoms with Gasteiger partial charge < -0.3 is 19.9 Å². The largest absolute Gasteiger partial charge is 0.497 e. The highest BCUT2D eigenvalue weighted by Crippen LogP contribution is 2.45. The predicted octanol–water partition coefficient (Wildman–Crippen LogP) is 4.01. The Balaban J connectivity index is 1.63. The third kappa shape index (κ3) is 3.06. The quantitative estimate of drug-likeness (QED) is 0.810. The first kappa shape index (κ1) is 17.3. The van der Waals surface area contributed by atoms with Crippen LogP contribution >= 0.6 is 12.2 Å². The lowest BCUT2D eigenvalue weighted by Gasteiger charge is -2.37. The van der Waals surface area contributed by atoms with Gasteiger partial charge in [0, 0.05) is 29.9 Å². The van der Waals surface area contributed by atoms with E-state index in [1.807, 2.05) is 24.3 Å². The van der Waals surface area contributed by atoms with E-state index in [1.54, 1.807) is 7.11 Å². The van der Waals surface area contributed by atoms with Crippen LogP contribution in [0.1, 0.15) is 23.5 Å². The molecule has 4 rings (SSSR count). The van der Waals surface area contributed by atoms with Crippen LogP contribution in [0.2, 0.25) is 0 Å². The van der Waals surface area contributed by atoms with Crippen LogP contribution in [0.15, 0.2) is 42.5 Å². The molecule has 2 aliphatic heterocycles. The van der Waals surface area contributed by atoms with Crippen molar-refractivity contribution in [2.75, 3.05) is 37.5 Å². The summed E-state index contributed by atoms with van der Waals surface area (Å²) in [4.78, 5) is 4.77. The molecule has 0 unspecified atom stereocenters. The highest BCUT2D eigenvalue weighted by molar-refractivity contribution is 7.80. The minimum atomic E-state index is 0.432. The maximum Gasteiger partial charge on any atom is 0.178 e. The van der Waals surface area contributed by atoms with Gasteiger partial charge in [-0.2, -0.15) is 0 Å². The lowest BCUT2D eigenvalue weighted by molar-refractivity contribution is 0.237. The Bertz CT molecular complexity index is 821. The lowest BCUT2D eigenvalue weighted by Crippen LogP contribution is -2.48. The second-order valence-corrected chi connectivity index (χ2v) is 7.70. The number of nitrogens with one attached hydrogen (secondary N) is 1. The van der Waals surface area contributed by atoms with Crippen molar-refractivity contribution < 1.29 is 4.74 Å². The van der Waals surface area contributed by atoms with E-state index < -0.39 is 0 Å². The van der Waals surface area contributed by atoms with Crippen LogP contribution in [0.3, 0.4) is 0 Å². The molecule has 0 aromatic heterocycles. The number of anilines is 2. The predicted molar refractivity (Wildman–Crippen MR) is 112 cm³/mol. The summed E-state index contributed by atoms with van der Waals surface area (Å²) < 4.78 is 5.24. The van der Waals surface area contributed by atoms with Crippen LogP contribution in [0, 0.1) is 6.92 Å². The first-order chi connectivity index (χ1) is 12.6. The Kier molecular flexibility index (Phi) is 4.59. The molecule has 0 aliphatic carbocycles. The first-order valence-electron chi connectivity index (χ1n) is 9.10. The van der Waals surface area contributed by atoms with E-state index in [9.17, 15) is 0 Å². The molecule has 1 N–H and O–H groups in total. The molecule has 2 aromatic rings. The van der Waals surface area contributed by atoms with E-state index >= 15 is 0 Å². The second-order valence-electron chi connectivity index (χ2n) is 7.32.